The minimum absolute atomic E-state index is 0. The van der Waals surface area contributed by atoms with Crippen LogP contribution in [0.4, 0.5) is 0 Å². The molecule has 0 atom stereocenters. The molecule has 0 fully saturated rings. The topological polar surface area (TPSA) is 0 Å². The largest absolute Gasteiger partial charge is 2.00 e. The van der Waals surface area contributed by atoms with Crippen molar-refractivity contribution in [2.24, 2.45) is 0 Å². The molecule has 0 spiro atoms. The van der Waals surface area contributed by atoms with Crippen LogP contribution in [0.3, 0.4) is 0 Å². The summed E-state index contributed by atoms with van der Waals surface area (Å²) >= 11 is 0. The van der Waals surface area contributed by atoms with E-state index < -0.39 is 0 Å². The van der Waals surface area contributed by atoms with Gasteiger partial charge >= 0.3 is 37.7 Å². The first kappa shape index (κ1) is 16.0. The third-order valence-electron chi connectivity index (χ3n) is 0. The molecule has 0 aromatic rings. The van der Waals surface area contributed by atoms with Crippen LogP contribution in [0.2, 0.25) is 0 Å². The molecule has 0 bridgehead atoms. The summed E-state index contributed by atoms with van der Waals surface area (Å²) in [5.41, 5.74) is 0. The molecule has 0 amide bonds. The van der Waals surface area contributed by atoms with E-state index in [1.807, 2.05) is 0 Å². The number of rotatable bonds is 0. The first-order chi connectivity index (χ1) is 1.41. The monoisotopic (exact) mass is 122 g/mol. The maximum atomic E-state index is 2.12. The fourth-order valence-electron chi connectivity index (χ4n) is 0. The molecule has 0 aromatic heterocycles. The second-order valence-corrected chi connectivity index (χ2v) is 0.707. The standard InChI is InChI=1S/C3H8.Ca.ClH.2H/c1-3-2;;;;/h3H2,1-2H3;;1H;;/q;+2;;2*-1. The molecule has 0 rings (SSSR count). The molecule has 0 heterocycles. The van der Waals surface area contributed by atoms with Gasteiger partial charge in [-0.05, 0) is 0 Å². The van der Waals surface area contributed by atoms with Gasteiger partial charge < -0.3 is 2.85 Å². The van der Waals surface area contributed by atoms with Crippen molar-refractivity contribution in [3.05, 3.63) is 0 Å². The number of hydrogen-bond donors (Lipinski definition) is 0. The van der Waals surface area contributed by atoms with Crippen molar-refractivity contribution in [3.63, 3.8) is 0 Å². The van der Waals surface area contributed by atoms with E-state index in [1.54, 1.807) is 0 Å². The minimum atomic E-state index is 0. The zero-order valence-electron chi connectivity index (χ0n) is 5.82. The molecular weight excluding hydrogens is 112 g/mol. The Morgan fingerprint density at radius 3 is 1.40 bits per heavy atom. The molecule has 0 saturated heterocycles. The van der Waals surface area contributed by atoms with Gasteiger partial charge in [0.05, 0.1) is 0 Å². The zero-order valence-corrected chi connectivity index (χ0v) is 6.85. The van der Waals surface area contributed by atoms with Gasteiger partial charge in [0.15, 0.2) is 0 Å². The second-order valence-electron chi connectivity index (χ2n) is 0.707. The van der Waals surface area contributed by atoms with Gasteiger partial charge in [0.2, 0.25) is 0 Å². The van der Waals surface area contributed by atoms with Gasteiger partial charge in [-0.3, -0.25) is 0 Å². The Bertz CT molecular complexity index is 12.9. The van der Waals surface area contributed by atoms with Crippen LogP contribution in [-0.4, -0.2) is 37.7 Å². The van der Waals surface area contributed by atoms with Crippen LogP contribution in [0.1, 0.15) is 23.1 Å². The summed E-state index contributed by atoms with van der Waals surface area (Å²) in [7, 11) is 0. The Morgan fingerprint density at radius 1 is 1.40 bits per heavy atom. The maximum absolute atomic E-state index is 2.12. The molecule has 0 unspecified atom stereocenters. The van der Waals surface area contributed by atoms with Crippen molar-refractivity contribution in [2.45, 2.75) is 20.3 Å². The summed E-state index contributed by atoms with van der Waals surface area (Å²) in [6.07, 6.45) is 1.25. The quantitative estimate of drug-likeness (QED) is 0.429. The van der Waals surface area contributed by atoms with Crippen molar-refractivity contribution >= 4 is 50.1 Å². The molecule has 0 aromatic carbocycles. The van der Waals surface area contributed by atoms with Gasteiger partial charge in [-0.15, -0.1) is 12.4 Å². The predicted octanol–water partition coefficient (Wildman–Crippen LogP) is 1.68. The van der Waals surface area contributed by atoms with Crippen LogP contribution >= 0.6 is 12.4 Å². The zero-order chi connectivity index (χ0) is 2.71. The molecule has 32 valence electrons. The third-order valence-corrected chi connectivity index (χ3v) is 0. The van der Waals surface area contributed by atoms with Crippen LogP contribution in [0, 0.1) is 0 Å². The summed E-state index contributed by atoms with van der Waals surface area (Å²) < 4.78 is 0. The Hall–Kier alpha value is 1.55. The van der Waals surface area contributed by atoms with E-state index in [-0.39, 0.29) is 53.0 Å². The van der Waals surface area contributed by atoms with Gasteiger partial charge in [0.25, 0.3) is 0 Å². The summed E-state index contributed by atoms with van der Waals surface area (Å²) in [6, 6.07) is 0. The van der Waals surface area contributed by atoms with Crippen LogP contribution in [0.15, 0.2) is 0 Å². The fourth-order valence-corrected chi connectivity index (χ4v) is 0. The molecule has 0 nitrogen and oxygen atoms in total. The van der Waals surface area contributed by atoms with Gasteiger partial charge in [0, 0.05) is 0 Å². The Labute approximate surface area is 72.7 Å². The molecule has 0 N–H and O–H groups in total. The minimum Gasteiger partial charge on any atom is -1.00 e. The molecule has 0 aliphatic rings. The van der Waals surface area contributed by atoms with Crippen molar-refractivity contribution in [1.82, 2.24) is 0 Å². The van der Waals surface area contributed by atoms with Gasteiger partial charge in [0.1, 0.15) is 0 Å². The summed E-state index contributed by atoms with van der Waals surface area (Å²) in [5, 5.41) is 0. The summed E-state index contributed by atoms with van der Waals surface area (Å²) in [6.45, 7) is 4.25. The molecule has 5 heavy (non-hydrogen) atoms. The SMILES string of the molecule is CCC.Cl.[Ca+2].[H-].[H-]. The smallest absolute Gasteiger partial charge is 1.00 e. The Morgan fingerprint density at radius 2 is 1.40 bits per heavy atom. The second kappa shape index (κ2) is 17.7. The normalized spacial score (nSPS) is 3.60. The van der Waals surface area contributed by atoms with Crippen molar-refractivity contribution in [3.8, 4) is 0 Å². The van der Waals surface area contributed by atoms with E-state index in [1.165, 1.54) is 6.42 Å². The van der Waals surface area contributed by atoms with Crippen molar-refractivity contribution in [2.75, 3.05) is 0 Å². The van der Waals surface area contributed by atoms with Crippen LogP contribution in [0.25, 0.3) is 0 Å². The molecule has 0 radical (unpaired) electrons. The van der Waals surface area contributed by atoms with Crippen LogP contribution < -0.4 is 0 Å². The Balaban J connectivity index is -0.00000000333. The molecule has 0 aliphatic heterocycles. The maximum Gasteiger partial charge on any atom is 2.00 e. The average Bonchev–Trinajstić information content (AvgIpc) is 0.918. The van der Waals surface area contributed by atoms with Gasteiger partial charge in [-0.25, -0.2) is 0 Å². The Kier molecular flexibility index (Phi) is 56.6. The van der Waals surface area contributed by atoms with E-state index in [2.05, 4.69) is 13.8 Å². The predicted molar refractivity (Wildman–Crippen MR) is 31.2 cm³/mol. The van der Waals surface area contributed by atoms with E-state index in [9.17, 15) is 0 Å². The van der Waals surface area contributed by atoms with E-state index >= 15 is 0 Å². The van der Waals surface area contributed by atoms with E-state index in [4.69, 9.17) is 0 Å². The molecular formula is C3H11CaCl. The first-order valence-corrected chi connectivity index (χ1v) is 1.41. The van der Waals surface area contributed by atoms with Crippen molar-refractivity contribution < 1.29 is 2.85 Å². The fraction of sp³-hybridized carbons (Fsp3) is 1.00. The van der Waals surface area contributed by atoms with Gasteiger partial charge in [-0.1, -0.05) is 20.3 Å². The van der Waals surface area contributed by atoms with Crippen LogP contribution in [-0.2, 0) is 0 Å². The number of halogens is 1. The van der Waals surface area contributed by atoms with Gasteiger partial charge in [-0.2, -0.15) is 0 Å². The van der Waals surface area contributed by atoms with Crippen LogP contribution in [0.5, 0.6) is 0 Å². The summed E-state index contributed by atoms with van der Waals surface area (Å²) in [5.74, 6) is 0. The molecule has 0 aliphatic carbocycles. The van der Waals surface area contributed by atoms with E-state index in [0.717, 1.165) is 0 Å². The molecule has 2 heteroatoms. The average molecular weight is 123 g/mol. The summed E-state index contributed by atoms with van der Waals surface area (Å²) in [4.78, 5) is 0. The van der Waals surface area contributed by atoms with E-state index in [0.29, 0.717) is 0 Å². The van der Waals surface area contributed by atoms with Crippen molar-refractivity contribution in [1.29, 1.82) is 0 Å². The third kappa shape index (κ3) is 29.1. The first-order valence-electron chi connectivity index (χ1n) is 1.41. The number of hydrogen-bond acceptors (Lipinski definition) is 0. The molecule has 0 saturated carbocycles.